The average molecular weight is 315 g/mol. The lowest BCUT2D eigenvalue weighted by Gasteiger charge is -2.07. The molecule has 1 aromatic carbocycles. The maximum Gasteiger partial charge on any atom is 0.253 e. The van der Waals surface area contributed by atoms with Crippen LogP contribution in [0.1, 0.15) is 10.4 Å². The fraction of sp³-hybridized carbons (Fsp3) is 0.250. The average Bonchev–Trinajstić information content (AvgIpc) is 2.32. The molecule has 0 atom stereocenters. The van der Waals surface area contributed by atoms with Crippen LogP contribution in [0.2, 0.25) is 0 Å². The Morgan fingerprint density at radius 1 is 1.59 bits per heavy atom. The second-order valence-electron chi connectivity index (χ2n) is 3.35. The lowest BCUT2D eigenvalue weighted by Crippen LogP contribution is -2.26. The second-order valence-corrected chi connectivity index (χ2v) is 5.42. The van der Waals surface area contributed by atoms with Crippen LogP contribution >= 0.6 is 27.7 Å². The van der Waals surface area contributed by atoms with Gasteiger partial charge in [-0.15, -0.1) is 6.58 Å². The molecule has 1 aromatic rings. The van der Waals surface area contributed by atoms with Crippen molar-refractivity contribution in [3.8, 4) is 0 Å². The minimum Gasteiger partial charge on any atom is -0.398 e. The molecule has 0 heterocycles. The Morgan fingerprint density at radius 3 is 3.06 bits per heavy atom. The second kappa shape index (κ2) is 7.40. The highest BCUT2D eigenvalue weighted by atomic mass is 79.9. The molecule has 0 saturated carbocycles. The van der Waals surface area contributed by atoms with Crippen molar-refractivity contribution < 1.29 is 4.79 Å². The van der Waals surface area contributed by atoms with Gasteiger partial charge in [-0.3, -0.25) is 4.79 Å². The molecule has 0 radical (unpaired) electrons. The van der Waals surface area contributed by atoms with Gasteiger partial charge in [-0.05, 0) is 18.2 Å². The van der Waals surface area contributed by atoms with Crippen LogP contribution < -0.4 is 11.1 Å². The molecule has 1 amide bonds. The monoisotopic (exact) mass is 314 g/mol. The zero-order chi connectivity index (χ0) is 12.7. The van der Waals surface area contributed by atoms with Crippen molar-refractivity contribution in [2.24, 2.45) is 0 Å². The quantitative estimate of drug-likeness (QED) is 0.482. The summed E-state index contributed by atoms with van der Waals surface area (Å²) in [5.41, 5.74) is 6.74. The highest BCUT2D eigenvalue weighted by Gasteiger charge is 2.09. The van der Waals surface area contributed by atoms with Crippen LogP contribution in [0.5, 0.6) is 0 Å². The number of amides is 1. The predicted octanol–water partition coefficient (Wildman–Crippen LogP) is 2.68. The Bertz CT molecular complexity index is 409. The molecule has 17 heavy (non-hydrogen) atoms. The van der Waals surface area contributed by atoms with Crippen LogP contribution in [0.3, 0.4) is 0 Å². The van der Waals surface area contributed by atoms with Crippen molar-refractivity contribution >= 4 is 39.3 Å². The molecule has 1 rings (SSSR count). The summed E-state index contributed by atoms with van der Waals surface area (Å²) in [6.45, 7) is 4.26. The number of thioether (sulfide) groups is 1. The number of nitrogen functional groups attached to an aromatic ring is 1. The van der Waals surface area contributed by atoms with E-state index in [4.69, 9.17) is 5.73 Å². The first-order chi connectivity index (χ1) is 8.15. The van der Waals surface area contributed by atoms with E-state index in [0.29, 0.717) is 17.8 Å². The number of anilines is 1. The summed E-state index contributed by atoms with van der Waals surface area (Å²) in [4.78, 5) is 11.8. The summed E-state index contributed by atoms with van der Waals surface area (Å²) >= 11 is 5.04. The van der Waals surface area contributed by atoms with Gasteiger partial charge < -0.3 is 11.1 Å². The zero-order valence-corrected chi connectivity index (χ0v) is 11.8. The van der Waals surface area contributed by atoms with Gasteiger partial charge in [0.1, 0.15) is 0 Å². The fourth-order valence-electron chi connectivity index (χ4n) is 1.22. The Balaban J connectivity index is 2.46. The first-order valence-corrected chi connectivity index (χ1v) is 7.11. The van der Waals surface area contributed by atoms with Crippen LogP contribution in [0, 0.1) is 0 Å². The van der Waals surface area contributed by atoms with E-state index in [9.17, 15) is 4.79 Å². The third kappa shape index (κ3) is 4.83. The molecule has 0 aliphatic rings. The van der Waals surface area contributed by atoms with Crippen molar-refractivity contribution in [3.05, 3.63) is 40.9 Å². The van der Waals surface area contributed by atoms with Crippen LogP contribution in [0.15, 0.2) is 35.3 Å². The van der Waals surface area contributed by atoms with E-state index in [0.717, 1.165) is 16.0 Å². The number of carbonyl (C=O) groups is 1. The molecule has 0 fully saturated rings. The number of hydrogen-bond donors (Lipinski definition) is 2. The summed E-state index contributed by atoms with van der Waals surface area (Å²) in [6, 6.07) is 5.25. The summed E-state index contributed by atoms with van der Waals surface area (Å²) in [5, 5.41) is 2.83. The van der Waals surface area contributed by atoms with Crippen molar-refractivity contribution in [2.75, 3.05) is 23.8 Å². The molecule has 0 aliphatic heterocycles. The van der Waals surface area contributed by atoms with E-state index >= 15 is 0 Å². The zero-order valence-electron chi connectivity index (χ0n) is 9.41. The van der Waals surface area contributed by atoms with E-state index in [1.807, 2.05) is 12.1 Å². The smallest absolute Gasteiger partial charge is 0.253 e. The molecular weight excluding hydrogens is 300 g/mol. The van der Waals surface area contributed by atoms with Gasteiger partial charge in [-0.2, -0.15) is 11.8 Å². The van der Waals surface area contributed by atoms with E-state index in [1.54, 1.807) is 23.9 Å². The number of carbonyl (C=O) groups excluding carboxylic acids is 1. The minimum atomic E-state index is -0.136. The molecule has 0 aliphatic carbocycles. The molecule has 0 spiro atoms. The molecular formula is C12H15BrN2OS. The molecule has 3 N–H and O–H groups in total. The maximum atomic E-state index is 11.8. The van der Waals surface area contributed by atoms with Crippen molar-refractivity contribution in [2.45, 2.75) is 0 Å². The number of nitrogens with two attached hydrogens (primary N) is 1. The third-order valence-electron chi connectivity index (χ3n) is 2.03. The van der Waals surface area contributed by atoms with Gasteiger partial charge in [-0.25, -0.2) is 0 Å². The first kappa shape index (κ1) is 14.1. The van der Waals surface area contributed by atoms with Crippen molar-refractivity contribution in [1.82, 2.24) is 5.32 Å². The highest BCUT2D eigenvalue weighted by molar-refractivity contribution is 9.10. The number of nitrogens with one attached hydrogen (secondary N) is 1. The van der Waals surface area contributed by atoms with E-state index in [1.165, 1.54) is 0 Å². The van der Waals surface area contributed by atoms with Gasteiger partial charge in [0.05, 0.1) is 5.56 Å². The number of hydrogen-bond acceptors (Lipinski definition) is 3. The first-order valence-electron chi connectivity index (χ1n) is 5.17. The van der Waals surface area contributed by atoms with Gasteiger partial charge in [-0.1, -0.05) is 22.0 Å². The van der Waals surface area contributed by atoms with Gasteiger partial charge in [0.2, 0.25) is 0 Å². The van der Waals surface area contributed by atoms with Crippen LogP contribution in [-0.4, -0.2) is 24.0 Å². The van der Waals surface area contributed by atoms with E-state index in [2.05, 4.69) is 27.8 Å². The maximum absolute atomic E-state index is 11.8. The Hall–Kier alpha value is -0.940. The summed E-state index contributed by atoms with van der Waals surface area (Å²) < 4.78 is 0.845. The fourth-order valence-corrected chi connectivity index (χ4v) is 2.16. The van der Waals surface area contributed by atoms with E-state index in [-0.39, 0.29) is 5.91 Å². The number of halogens is 1. The van der Waals surface area contributed by atoms with Gasteiger partial charge >= 0.3 is 0 Å². The molecule has 92 valence electrons. The molecule has 0 saturated heterocycles. The number of rotatable bonds is 6. The van der Waals surface area contributed by atoms with Crippen LogP contribution in [0.4, 0.5) is 5.69 Å². The molecule has 0 unspecified atom stereocenters. The SMILES string of the molecule is C=CCSCCNC(=O)c1cc(Br)ccc1N. The Morgan fingerprint density at radius 2 is 2.35 bits per heavy atom. The number of benzene rings is 1. The van der Waals surface area contributed by atoms with Crippen molar-refractivity contribution in [3.63, 3.8) is 0 Å². The predicted molar refractivity (Wildman–Crippen MR) is 78.4 cm³/mol. The van der Waals surface area contributed by atoms with Gasteiger partial charge in [0.25, 0.3) is 5.91 Å². The lowest BCUT2D eigenvalue weighted by molar-refractivity contribution is 0.0957. The molecule has 0 aromatic heterocycles. The Labute approximate surface area is 114 Å². The van der Waals surface area contributed by atoms with Crippen LogP contribution in [-0.2, 0) is 0 Å². The molecule has 0 bridgehead atoms. The summed E-state index contributed by atoms with van der Waals surface area (Å²) in [7, 11) is 0. The third-order valence-corrected chi connectivity index (χ3v) is 3.49. The van der Waals surface area contributed by atoms with Crippen LogP contribution in [0.25, 0.3) is 0 Å². The van der Waals surface area contributed by atoms with E-state index < -0.39 is 0 Å². The van der Waals surface area contributed by atoms with Gasteiger partial charge in [0.15, 0.2) is 0 Å². The molecule has 3 nitrogen and oxygen atoms in total. The standard InChI is InChI=1S/C12H15BrN2OS/c1-2-6-17-7-5-15-12(16)10-8-9(13)3-4-11(10)14/h2-4,8H,1,5-7,14H2,(H,15,16). The minimum absolute atomic E-state index is 0.136. The largest absolute Gasteiger partial charge is 0.398 e. The molecule has 5 heteroatoms. The summed E-state index contributed by atoms with van der Waals surface area (Å²) in [5.74, 6) is 1.63. The highest BCUT2D eigenvalue weighted by Crippen LogP contribution is 2.18. The van der Waals surface area contributed by atoms with Gasteiger partial charge in [0, 0.05) is 28.2 Å². The topological polar surface area (TPSA) is 55.1 Å². The Kier molecular flexibility index (Phi) is 6.15. The normalized spacial score (nSPS) is 9.94. The lowest BCUT2D eigenvalue weighted by atomic mass is 10.2. The van der Waals surface area contributed by atoms with Crippen molar-refractivity contribution in [1.29, 1.82) is 0 Å². The summed E-state index contributed by atoms with van der Waals surface area (Å²) in [6.07, 6.45) is 1.85.